The molecule has 164 valence electrons. The molecule has 3 aliphatic rings. The number of fused-ring (bicyclic) bond motifs is 2. The zero-order valence-corrected chi connectivity index (χ0v) is 17.8. The Bertz CT molecular complexity index is 1020. The third-order valence-electron chi connectivity index (χ3n) is 6.47. The number of hydrogen-bond acceptors (Lipinski definition) is 4. The van der Waals surface area contributed by atoms with Gasteiger partial charge in [-0.05, 0) is 68.6 Å². The first-order valence-corrected chi connectivity index (χ1v) is 10.9. The molecule has 2 atom stereocenters. The lowest BCUT2D eigenvalue weighted by molar-refractivity contribution is -0.116. The second-order valence-electron chi connectivity index (χ2n) is 8.63. The maximum atomic E-state index is 15.5. The number of primary amides is 1. The van der Waals surface area contributed by atoms with E-state index in [9.17, 15) is 14.7 Å². The minimum atomic E-state index is -0.719. The normalized spacial score (nSPS) is 22.7. The number of nitrogens with one attached hydrogen (secondary N) is 1. The van der Waals surface area contributed by atoms with E-state index in [-0.39, 0.29) is 18.2 Å². The van der Waals surface area contributed by atoms with E-state index in [2.05, 4.69) is 17.2 Å². The van der Waals surface area contributed by atoms with Crippen LogP contribution in [-0.2, 0) is 11.2 Å². The molecule has 31 heavy (non-hydrogen) atoms. The molecule has 1 aromatic carbocycles. The lowest BCUT2D eigenvalue weighted by atomic mass is 9.92. The molecule has 4 rings (SSSR count). The lowest BCUT2D eigenvalue weighted by Crippen LogP contribution is -2.53. The summed E-state index contributed by atoms with van der Waals surface area (Å²) in [5.74, 6) is 3.45. The monoisotopic (exact) mass is 425 g/mol. The molecule has 1 saturated heterocycles. The van der Waals surface area contributed by atoms with Crippen LogP contribution in [0, 0.1) is 17.7 Å². The van der Waals surface area contributed by atoms with Crippen LogP contribution in [0.1, 0.15) is 66.9 Å². The van der Waals surface area contributed by atoms with Crippen LogP contribution in [0.4, 0.5) is 10.1 Å². The number of allylic oxidation sites excluding steroid dienone is 2. The molecule has 1 aliphatic heterocycles. The van der Waals surface area contributed by atoms with Crippen molar-refractivity contribution in [3.05, 3.63) is 34.1 Å². The van der Waals surface area contributed by atoms with E-state index in [1.807, 2.05) is 0 Å². The summed E-state index contributed by atoms with van der Waals surface area (Å²) >= 11 is 0. The Morgan fingerprint density at radius 2 is 2.03 bits per heavy atom. The highest BCUT2D eigenvalue weighted by atomic mass is 19.1. The van der Waals surface area contributed by atoms with Crippen LogP contribution in [0.15, 0.2) is 11.6 Å². The summed E-state index contributed by atoms with van der Waals surface area (Å²) in [6, 6.07) is 0.881. The number of piperidine rings is 1. The first-order valence-electron chi connectivity index (χ1n) is 10.9. The summed E-state index contributed by atoms with van der Waals surface area (Å²) in [4.78, 5) is 25.8. The Morgan fingerprint density at radius 3 is 2.77 bits per heavy atom. The minimum Gasteiger partial charge on any atom is -0.391 e. The third-order valence-corrected chi connectivity index (χ3v) is 6.47. The van der Waals surface area contributed by atoms with Crippen molar-refractivity contribution < 1.29 is 19.1 Å². The van der Waals surface area contributed by atoms with Gasteiger partial charge in [-0.1, -0.05) is 17.9 Å². The summed E-state index contributed by atoms with van der Waals surface area (Å²) in [5.41, 5.74) is 10.2. The largest absolute Gasteiger partial charge is 0.391 e. The van der Waals surface area contributed by atoms with E-state index in [1.165, 1.54) is 11.6 Å². The standard InChI is InChI=1S/C24H28FN3O3/c1-2-6-21(30)27-15-10-16(29)13-28(12-15)23-20(25)11-19(24(26)31)18-9-14-7-4-3-5-8-17(14)22(18)23/h11,15-16,29H,3-5,7-10,12-13H2,1H3,(H2,26,31)(H,27,30)/t15-,16+/m0/s1. The van der Waals surface area contributed by atoms with E-state index in [4.69, 9.17) is 5.73 Å². The number of rotatable bonds is 3. The SMILES string of the molecule is CC#CC(=O)N[C@H]1C[C@@H](O)CN(c2c(F)cc(C(N)=O)c3c2C2=C(CCCCC2)C3)C1. The number of nitrogens with zero attached hydrogens (tertiary/aromatic N) is 1. The molecular weight excluding hydrogens is 397 g/mol. The van der Waals surface area contributed by atoms with Gasteiger partial charge >= 0.3 is 0 Å². The number of aliphatic hydroxyl groups excluding tert-OH is 1. The van der Waals surface area contributed by atoms with Gasteiger partial charge in [-0.15, -0.1) is 0 Å². The molecule has 1 aromatic rings. The second kappa shape index (κ2) is 8.72. The maximum absolute atomic E-state index is 15.5. The molecule has 2 amide bonds. The molecule has 7 heteroatoms. The van der Waals surface area contributed by atoms with E-state index in [1.54, 1.807) is 11.8 Å². The van der Waals surface area contributed by atoms with E-state index in [0.29, 0.717) is 25.1 Å². The third kappa shape index (κ3) is 4.17. The van der Waals surface area contributed by atoms with Gasteiger partial charge in [0, 0.05) is 30.3 Å². The van der Waals surface area contributed by atoms with Crippen LogP contribution in [0.25, 0.3) is 5.57 Å². The summed E-state index contributed by atoms with van der Waals surface area (Å²) in [6.45, 7) is 2.20. The molecule has 0 bridgehead atoms. The molecular formula is C24H28FN3O3. The molecule has 0 aromatic heterocycles. The topological polar surface area (TPSA) is 95.7 Å². The number of amides is 2. The van der Waals surface area contributed by atoms with Crippen molar-refractivity contribution in [3.8, 4) is 11.8 Å². The first kappa shape index (κ1) is 21.4. The Labute approximate surface area is 181 Å². The van der Waals surface area contributed by atoms with Gasteiger partial charge < -0.3 is 21.1 Å². The average Bonchev–Trinajstić information content (AvgIpc) is 2.89. The van der Waals surface area contributed by atoms with Crippen LogP contribution < -0.4 is 16.0 Å². The van der Waals surface area contributed by atoms with Gasteiger partial charge in [0.05, 0.1) is 11.8 Å². The van der Waals surface area contributed by atoms with Crippen molar-refractivity contribution in [1.82, 2.24) is 5.32 Å². The molecule has 1 fully saturated rings. The van der Waals surface area contributed by atoms with Crippen LogP contribution in [0.3, 0.4) is 0 Å². The minimum absolute atomic E-state index is 0.241. The molecule has 1 heterocycles. The van der Waals surface area contributed by atoms with E-state index >= 15 is 4.39 Å². The number of aliphatic hydroxyl groups is 1. The molecule has 0 unspecified atom stereocenters. The summed E-state index contributed by atoms with van der Waals surface area (Å²) in [7, 11) is 0. The quantitative estimate of drug-likeness (QED) is 0.648. The van der Waals surface area contributed by atoms with Crippen LogP contribution in [0.5, 0.6) is 0 Å². The highest BCUT2D eigenvalue weighted by Crippen LogP contribution is 2.47. The molecule has 6 nitrogen and oxygen atoms in total. The van der Waals surface area contributed by atoms with Crippen molar-refractivity contribution in [3.63, 3.8) is 0 Å². The molecule has 0 radical (unpaired) electrons. The molecule has 0 spiro atoms. The van der Waals surface area contributed by atoms with Crippen LogP contribution >= 0.6 is 0 Å². The Hall–Kier alpha value is -2.85. The number of carbonyl (C=O) groups is 2. The fourth-order valence-corrected chi connectivity index (χ4v) is 5.27. The van der Waals surface area contributed by atoms with Crippen LogP contribution in [0.2, 0.25) is 0 Å². The van der Waals surface area contributed by atoms with E-state index < -0.39 is 23.7 Å². The summed E-state index contributed by atoms with van der Waals surface area (Å²) in [6.07, 6.45) is 5.32. The molecule has 4 N–H and O–H groups in total. The van der Waals surface area contributed by atoms with Gasteiger partial charge in [0.1, 0.15) is 5.82 Å². The van der Waals surface area contributed by atoms with Crippen molar-refractivity contribution in [2.45, 2.75) is 64.0 Å². The highest BCUT2D eigenvalue weighted by Gasteiger charge is 2.36. The zero-order valence-electron chi connectivity index (χ0n) is 17.8. The predicted molar refractivity (Wildman–Crippen MR) is 117 cm³/mol. The summed E-state index contributed by atoms with van der Waals surface area (Å²) in [5, 5.41) is 13.3. The fourth-order valence-electron chi connectivity index (χ4n) is 5.27. The van der Waals surface area contributed by atoms with Gasteiger partial charge in [-0.2, -0.15) is 0 Å². The van der Waals surface area contributed by atoms with Gasteiger partial charge in [0.2, 0.25) is 5.91 Å². The van der Waals surface area contributed by atoms with Crippen molar-refractivity contribution in [2.24, 2.45) is 5.73 Å². The van der Waals surface area contributed by atoms with Gasteiger partial charge in [-0.3, -0.25) is 9.59 Å². The average molecular weight is 426 g/mol. The predicted octanol–water partition coefficient (Wildman–Crippen LogP) is 2.28. The van der Waals surface area contributed by atoms with Gasteiger partial charge in [0.15, 0.2) is 0 Å². The number of β-amino-alcohol motifs (C(OH)–C–C–N with tert-alkyl or cyclic N) is 1. The Morgan fingerprint density at radius 1 is 1.26 bits per heavy atom. The zero-order chi connectivity index (χ0) is 22.1. The van der Waals surface area contributed by atoms with Crippen molar-refractivity contribution in [2.75, 3.05) is 18.0 Å². The number of halogens is 1. The smallest absolute Gasteiger partial charge is 0.296 e. The van der Waals surface area contributed by atoms with E-state index in [0.717, 1.165) is 48.8 Å². The Kier molecular flexibility index (Phi) is 6.01. The van der Waals surface area contributed by atoms with Crippen LogP contribution in [-0.4, -0.2) is 42.2 Å². The molecule has 0 saturated carbocycles. The lowest BCUT2D eigenvalue weighted by Gasteiger charge is -2.38. The fraction of sp³-hybridized carbons (Fsp3) is 0.500. The van der Waals surface area contributed by atoms with Gasteiger partial charge in [0.25, 0.3) is 5.91 Å². The second-order valence-corrected chi connectivity index (χ2v) is 8.63. The number of nitrogens with two attached hydrogens (primary N) is 1. The maximum Gasteiger partial charge on any atom is 0.296 e. The number of benzene rings is 1. The number of carbonyl (C=O) groups excluding carboxylic acids is 2. The molecule has 2 aliphatic carbocycles. The van der Waals surface area contributed by atoms with Crippen molar-refractivity contribution in [1.29, 1.82) is 0 Å². The number of hydrogen-bond donors (Lipinski definition) is 3. The highest BCUT2D eigenvalue weighted by molar-refractivity contribution is 5.99. The van der Waals surface area contributed by atoms with Crippen molar-refractivity contribution >= 4 is 23.1 Å². The Balaban J connectivity index is 1.77. The first-order chi connectivity index (χ1) is 14.9. The number of anilines is 1. The van der Waals surface area contributed by atoms with Gasteiger partial charge in [-0.25, -0.2) is 4.39 Å². The summed E-state index contributed by atoms with van der Waals surface area (Å²) < 4.78 is 15.5.